The molecule has 0 atom stereocenters. The zero-order chi connectivity index (χ0) is 15.4. The Morgan fingerprint density at radius 3 is 2.76 bits per heavy atom. The summed E-state index contributed by atoms with van der Waals surface area (Å²) >= 11 is 6.14. The number of anilines is 1. The summed E-state index contributed by atoms with van der Waals surface area (Å²) in [5, 5.41) is 6.23. The monoisotopic (exact) mass is 310 g/mol. The van der Waals surface area contributed by atoms with Gasteiger partial charge in [0, 0.05) is 17.6 Å². The van der Waals surface area contributed by atoms with Gasteiger partial charge in [0.15, 0.2) is 0 Å². The van der Waals surface area contributed by atoms with Crippen molar-refractivity contribution in [2.45, 2.75) is 13.8 Å². The van der Waals surface area contributed by atoms with Crippen LogP contribution in [0, 0.1) is 0 Å². The van der Waals surface area contributed by atoms with Gasteiger partial charge < -0.3 is 19.8 Å². The number of carbonyl (C=O) groups is 1. The Labute approximate surface area is 126 Å². The van der Waals surface area contributed by atoms with Crippen LogP contribution in [0.5, 0.6) is 5.95 Å². The molecule has 2 N–H and O–H groups in total. The summed E-state index contributed by atoms with van der Waals surface area (Å²) in [7, 11) is 0. The molecule has 0 radical (unpaired) electrons. The Hall–Kier alpha value is -2.21. The van der Waals surface area contributed by atoms with Crippen LogP contribution in [0.4, 0.5) is 10.5 Å². The van der Waals surface area contributed by atoms with Gasteiger partial charge in [-0.2, -0.15) is 0 Å². The maximum atomic E-state index is 12.0. The predicted molar refractivity (Wildman–Crippen MR) is 81.4 cm³/mol. The number of benzene rings is 1. The number of rotatable bonds is 4. The summed E-state index contributed by atoms with van der Waals surface area (Å²) in [5.74, 6) is 0.00102. The molecule has 0 fully saturated rings. The Balaban J connectivity index is 2.44. The molecule has 0 aliphatic heterocycles. The molecule has 0 saturated heterocycles. The van der Waals surface area contributed by atoms with Crippen LogP contribution in [0.2, 0.25) is 5.02 Å². The average Bonchev–Trinajstić information content (AvgIpc) is 2.45. The highest BCUT2D eigenvalue weighted by Gasteiger charge is 2.14. The second-order valence-corrected chi connectivity index (χ2v) is 4.55. The summed E-state index contributed by atoms with van der Waals surface area (Å²) in [5.41, 5.74) is -0.0987. The quantitative estimate of drug-likeness (QED) is 0.909. The maximum absolute atomic E-state index is 12.0. The molecule has 0 saturated carbocycles. The molecule has 1 aromatic carbocycles. The van der Waals surface area contributed by atoms with Gasteiger partial charge in [0.1, 0.15) is 5.02 Å². The number of ether oxygens (including phenoxy) is 1. The number of urea groups is 1. The molecule has 0 spiro atoms. The molecule has 0 aliphatic rings. The van der Waals surface area contributed by atoms with E-state index in [2.05, 4.69) is 10.6 Å². The van der Waals surface area contributed by atoms with Gasteiger partial charge in [0.05, 0.1) is 12.0 Å². The van der Waals surface area contributed by atoms with Crippen LogP contribution in [0.1, 0.15) is 13.8 Å². The SMILES string of the molecule is CCNC(=O)Nc1ccc2c(Cl)c(OCC)oc(=O)c2c1. The molecule has 1 heterocycles. The highest BCUT2D eigenvalue weighted by Crippen LogP contribution is 2.31. The Bertz CT molecular complexity index is 727. The zero-order valence-corrected chi connectivity index (χ0v) is 12.4. The van der Waals surface area contributed by atoms with Crippen LogP contribution in [0.15, 0.2) is 27.4 Å². The highest BCUT2D eigenvalue weighted by atomic mass is 35.5. The molecule has 2 amide bonds. The van der Waals surface area contributed by atoms with E-state index in [1.54, 1.807) is 19.1 Å². The molecular formula is C14H15ClN2O4. The van der Waals surface area contributed by atoms with Crippen molar-refractivity contribution in [1.82, 2.24) is 5.32 Å². The standard InChI is InChI=1S/C14H15ClN2O4/c1-3-16-14(19)17-8-5-6-9-10(7-8)12(18)21-13(11(9)15)20-4-2/h5-7H,3-4H2,1-2H3,(H2,16,17,19). The van der Waals surface area contributed by atoms with Gasteiger partial charge in [-0.25, -0.2) is 9.59 Å². The van der Waals surface area contributed by atoms with Crippen LogP contribution < -0.4 is 21.0 Å². The highest BCUT2D eigenvalue weighted by molar-refractivity contribution is 6.36. The lowest BCUT2D eigenvalue weighted by Gasteiger charge is -2.09. The van der Waals surface area contributed by atoms with E-state index < -0.39 is 5.63 Å². The van der Waals surface area contributed by atoms with Crippen molar-refractivity contribution in [1.29, 1.82) is 0 Å². The minimum absolute atomic E-state index is 0.00102. The van der Waals surface area contributed by atoms with Crippen molar-refractivity contribution < 1.29 is 13.9 Å². The van der Waals surface area contributed by atoms with E-state index in [4.69, 9.17) is 20.8 Å². The maximum Gasteiger partial charge on any atom is 0.346 e. The molecule has 2 aromatic rings. The molecule has 0 unspecified atom stereocenters. The number of nitrogens with one attached hydrogen (secondary N) is 2. The lowest BCUT2D eigenvalue weighted by atomic mass is 10.1. The first-order valence-electron chi connectivity index (χ1n) is 6.50. The Morgan fingerprint density at radius 2 is 2.10 bits per heavy atom. The lowest BCUT2D eigenvalue weighted by Crippen LogP contribution is -2.28. The summed E-state index contributed by atoms with van der Waals surface area (Å²) in [4.78, 5) is 23.4. The fourth-order valence-electron chi connectivity index (χ4n) is 1.84. The first-order chi connectivity index (χ1) is 10.1. The molecule has 2 rings (SSSR count). The number of amides is 2. The predicted octanol–water partition coefficient (Wildman–Crippen LogP) is 2.99. The van der Waals surface area contributed by atoms with E-state index in [0.29, 0.717) is 24.2 Å². The third kappa shape index (κ3) is 3.28. The summed E-state index contributed by atoms with van der Waals surface area (Å²) < 4.78 is 10.2. The Morgan fingerprint density at radius 1 is 1.33 bits per heavy atom. The molecule has 1 aromatic heterocycles. The molecule has 21 heavy (non-hydrogen) atoms. The number of hydrogen-bond donors (Lipinski definition) is 2. The van der Waals surface area contributed by atoms with E-state index in [9.17, 15) is 9.59 Å². The third-order valence-corrected chi connectivity index (χ3v) is 3.07. The van der Waals surface area contributed by atoms with Crippen LogP contribution in [0.25, 0.3) is 10.8 Å². The smallest absolute Gasteiger partial charge is 0.346 e. The van der Waals surface area contributed by atoms with Crippen molar-refractivity contribution in [3.05, 3.63) is 33.6 Å². The molecule has 7 heteroatoms. The van der Waals surface area contributed by atoms with Crippen molar-refractivity contribution in [3.8, 4) is 5.95 Å². The molecule has 0 bridgehead atoms. The first-order valence-corrected chi connectivity index (χ1v) is 6.88. The summed E-state index contributed by atoms with van der Waals surface area (Å²) in [6, 6.07) is 4.45. The fraction of sp³-hybridized carbons (Fsp3) is 0.286. The van der Waals surface area contributed by atoms with Gasteiger partial charge in [-0.15, -0.1) is 0 Å². The molecular weight excluding hydrogens is 296 g/mol. The average molecular weight is 311 g/mol. The fourth-order valence-corrected chi connectivity index (χ4v) is 2.09. The second-order valence-electron chi connectivity index (χ2n) is 4.17. The van der Waals surface area contributed by atoms with Gasteiger partial charge in [0.2, 0.25) is 0 Å². The van der Waals surface area contributed by atoms with E-state index in [1.807, 2.05) is 6.92 Å². The largest absolute Gasteiger partial charge is 0.464 e. The zero-order valence-electron chi connectivity index (χ0n) is 11.7. The van der Waals surface area contributed by atoms with Gasteiger partial charge >= 0.3 is 17.6 Å². The lowest BCUT2D eigenvalue weighted by molar-refractivity contribution is 0.246. The van der Waals surface area contributed by atoms with Crippen molar-refractivity contribution in [2.75, 3.05) is 18.5 Å². The van der Waals surface area contributed by atoms with Gasteiger partial charge in [-0.05, 0) is 26.0 Å². The molecule has 112 valence electrons. The Kier molecular flexibility index (Phi) is 4.70. The number of halogens is 1. The van der Waals surface area contributed by atoms with Gasteiger partial charge in [-0.3, -0.25) is 0 Å². The normalized spacial score (nSPS) is 10.4. The second kappa shape index (κ2) is 6.49. The third-order valence-electron chi connectivity index (χ3n) is 2.71. The van der Waals surface area contributed by atoms with E-state index >= 15 is 0 Å². The summed E-state index contributed by atoms with van der Waals surface area (Å²) in [6.45, 7) is 4.42. The van der Waals surface area contributed by atoms with E-state index in [0.717, 1.165) is 0 Å². The summed E-state index contributed by atoms with van der Waals surface area (Å²) in [6.07, 6.45) is 0. The number of carbonyl (C=O) groups excluding carboxylic acids is 1. The van der Waals surface area contributed by atoms with E-state index in [1.165, 1.54) is 6.07 Å². The molecule has 6 nitrogen and oxygen atoms in total. The minimum atomic E-state index is -0.572. The van der Waals surface area contributed by atoms with Crippen molar-refractivity contribution in [3.63, 3.8) is 0 Å². The van der Waals surface area contributed by atoms with Crippen molar-refractivity contribution >= 4 is 34.1 Å². The van der Waals surface area contributed by atoms with Gasteiger partial charge in [0.25, 0.3) is 0 Å². The van der Waals surface area contributed by atoms with Crippen molar-refractivity contribution in [2.24, 2.45) is 0 Å². The number of fused-ring (bicyclic) bond motifs is 1. The van der Waals surface area contributed by atoms with Crippen LogP contribution in [-0.2, 0) is 0 Å². The minimum Gasteiger partial charge on any atom is -0.464 e. The van der Waals surface area contributed by atoms with E-state index in [-0.39, 0.29) is 22.4 Å². The van der Waals surface area contributed by atoms with Crippen LogP contribution in [-0.4, -0.2) is 19.2 Å². The molecule has 0 aliphatic carbocycles. The van der Waals surface area contributed by atoms with Gasteiger partial charge in [-0.1, -0.05) is 17.7 Å². The topological polar surface area (TPSA) is 80.6 Å². The number of hydrogen-bond acceptors (Lipinski definition) is 4. The first kappa shape index (κ1) is 15.2. The van der Waals surface area contributed by atoms with Crippen LogP contribution in [0.3, 0.4) is 0 Å². The van der Waals surface area contributed by atoms with Crippen LogP contribution >= 0.6 is 11.6 Å².